The van der Waals surface area contributed by atoms with Crippen molar-refractivity contribution in [1.29, 1.82) is 0 Å². The summed E-state index contributed by atoms with van der Waals surface area (Å²) in [5.41, 5.74) is 1.44. The van der Waals surface area contributed by atoms with Gasteiger partial charge in [-0.2, -0.15) is 0 Å². The Morgan fingerprint density at radius 1 is 1.75 bits per heavy atom. The van der Waals surface area contributed by atoms with Gasteiger partial charge in [0, 0.05) is 0 Å². The first-order valence-corrected chi connectivity index (χ1v) is 3.45. The van der Waals surface area contributed by atoms with Gasteiger partial charge in [0.15, 0.2) is 0 Å². The molecule has 0 nitrogen and oxygen atoms in total. The molecule has 0 N–H and O–H groups in total. The van der Waals surface area contributed by atoms with Gasteiger partial charge in [-0.25, -0.2) is 0 Å². The lowest BCUT2D eigenvalue weighted by Crippen LogP contribution is -2.00. The molecule has 0 aromatic carbocycles. The monoisotopic (exact) mass is 130 g/mol. The van der Waals surface area contributed by atoms with Crippen LogP contribution in [-0.2, 0) is 0 Å². The minimum absolute atomic E-state index is 0.301. The van der Waals surface area contributed by atoms with Crippen molar-refractivity contribution >= 4 is 11.6 Å². The fourth-order valence-corrected chi connectivity index (χ4v) is 1.43. The van der Waals surface area contributed by atoms with Gasteiger partial charge in [-0.15, -0.1) is 11.6 Å². The van der Waals surface area contributed by atoms with Gasteiger partial charge < -0.3 is 0 Å². The maximum absolute atomic E-state index is 5.88. The van der Waals surface area contributed by atoms with Crippen LogP contribution in [0.1, 0.15) is 20.3 Å². The van der Waals surface area contributed by atoms with Crippen LogP contribution >= 0.6 is 11.6 Å². The average Bonchev–Trinajstić information content (AvgIpc) is 1.85. The molecule has 0 aliphatic heterocycles. The first kappa shape index (κ1) is 6.15. The van der Waals surface area contributed by atoms with Crippen LogP contribution in [0, 0.1) is 5.92 Å². The molecule has 0 spiro atoms. The Hall–Kier alpha value is 0.0300. The molecule has 1 aliphatic rings. The van der Waals surface area contributed by atoms with Crippen LogP contribution in [0.25, 0.3) is 0 Å². The minimum atomic E-state index is 0.301. The smallest absolute Gasteiger partial charge is 0.0547 e. The Labute approximate surface area is 55.5 Å². The second-order valence-electron chi connectivity index (χ2n) is 2.64. The van der Waals surface area contributed by atoms with E-state index >= 15 is 0 Å². The van der Waals surface area contributed by atoms with E-state index in [0.29, 0.717) is 11.3 Å². The van der Waals surface area contributed by atoms with E-state index in [1.54, 1.807) is 0 Å². The quantitative estimate of drug-likeness (QED) is 0.349. The molecule has 2 atom stereocenters. The van der Waals surface area contributed by atoms with Gasteiger partial charge in [-0.05, 0) is 19.3 Å². The SMILES string of the molecule is CC1=C[C@@H](Cl)[C@@H](C)C1. The van der Waals surface area contributed by atoms with Gasteiger partial charge in [-0.3, -0.25) is 0 Å². The Morgan fingerprint density at radius 3 is 2.50 bits per heavy atom. The van der Waals surface area contributed by atoms with Crippen molar-refractivity contribution in [3.05, 3.63) is 11.6 Å². The molecule has 0 bridgehead atoms. The third kappa shape index (κ3) is 1.05. The van der Waals surface area contributed by atoms with Crippen molar-refractivity contribution in [3.63, 3.8) is 0 Å². The van der Waals surface area contributed by atoms with E-state index in [0.717, 1.165) is 0 Å². The molecule has 0 aromatic rings. The number of hydrogen-bond donors (Lipinski definition) is 0. The molecule has 0 amide bonds. The first-order chi connectivity index (χ1) is 3.70. The highest BCUT2D eigenvalue weighted by Crippen LogP contribution is 2.27. The molecule has 1 heteroatoms. The van der Waals surface area contributed by atoms with Crippen molar-refractivity contribution in [1.82, 2.24) is 0 Å². The lowest BCUT2D eigenvalue weighted by Gasteiger charge is -2.03. The second kappa shape index (κ2) is 2.10. The van der Waals surface area contributed by atoms with E-state index in [4.69, 9.17) is 11.6 Å². The molecule has 0 saturated carbocycles. The van der Waals surface area contributed by atoms with Crippen molar-refractivity contribution in [2.24, 2.45) is 5.92 Å². The fraction of sp³-hybridized carbons (Fsp3) is 0.714. The zero-order chi connectivity index (χ0) is 6.15. The number of halogens is 1. The molecule has 0 heterocycles. The van der Waals surface area contributed by atoms with E-state index < -0.39 is 0 Å². The molecule has 0 radical (unpaired) electrons. The summed E-state index contributed by atoms with van der Waals surface area (Å²) in [6.07, 6.45) is 3.33. The molecular formula is C7H11Cl. The zero-order valence-electron chi connectivity index (χ0n) is 5.32. The van der Waals surface area contributed by atoms with Crippen LogP contribution in [0.4, 0.5) is 0 Å². The van der Waals surface area contributed by atoms with Gasteiger partial charge in [0.1, 0.15) is 0 Å². The number of hydrogen-bond acceptors (Lipinski definition) is 0. The summed E-state index contributed by atoms with van der Waals surface area (Å²) < 4.78 is 0. The second-order valence-corrected chi connectivity index (χ2v) is 3.14. The molecule has 0 saturated heterocycles. The number of rotatable bonds is 0. The molecule has 1 aliphatic carbocycles. The van der Waals surface area contributed by atoms with Crippen LogP contribution < -0.4 is 0 Å². The van der Waals surface area contributed by atoms with E-state index in [1.807, 2.05) is 0 Å². The van der Waals surface area contributed by atoms with E-state index in [1.165, 1.54) is 12.0 Å². The predicted octanol–water partition coefficient (Wildman–Crippen LogP) is 2.58. The third-order valence-electron chi connectivity index (χ3n) is 1.63. The van der Waals surface area contributed by atoms with Crippen molar-refractivity contribution in [2.45, 2.75) is 25.6 Å². The maximum Gasteiger partial charge on any atom is 0.0547 e. The maximum atomic E-state index is 5.88. The molecule has 46 valence electrons. The Morgan fingerprint density at radius 2 is 2.38 bits per heavy atom. The summed E-state index contributed by atoms with van der Waals surface area (Å²) in [6.45, 7) is 4.32. The number of allylic oxidation sites excluding steroid dienone is 2. The van der Waals surface area contributed by atoms with Crippen LogP contribution in [0.5, 0.6) is 0 Å². The largest absolute Gasteiger partial charge is 0.118 e. The molecule has 1 rings (SSSR count). The predicted molar refractivity (Wildman–Crippen MR) is 37.2 cm³/mol. The standard InChI is InChI=1S/C7H11Cl/c1-5-3-6(2)7(8)4-5/h4,6-7H,3H2,1-2H3/t6-,7+/m0/s1. The van der Waals surface area contributed by atoms with E-state index in [2.05, 4.69) is 19.9 Å². The Balaban J connectivity index is 2.56. The van der Waals surface area contributed by atoms with Crippen LogP contribution in [-0.4, -0.2) is 5.38 Å². The van der Waals surface area contributed by atoms with Crippen LogP contribution in [0.15, 0.2) is 11.6 Å². The summed E-state index contributed by atoms with van der Waals surface area (Å²) in [6, 6.07) is 0. The van der Waals surface area contributed by atoms with Crippen LogP contribution in [0.3, 0.4) is 0 Å². The highest BCUT2D eigenvalue weighted by Gasteiger charge is 2.18. The minimum Gasteiger partial charge on any atom is -0.118 e. The molecule has 0 unspecified atom stereocenters. The van der Waals surface area contributed by atoms with Crippen LogP contribution in [0.2, 0.25) is 0 Å². The van der Waals surface area contributed by atoms with Gasteiger partial charge in [0.2, 0.25) is 0 Å². The lowest BCUT2D eigenvalue weighted by molar-refractivity contribution is 0.634. The summed E-state index contributed by atoms with van der Waals surface area (Å²) >= 11 is 5.88. The van der Waals surface area contributed by atoms with Crippen molar-refractivity contribution < 1.29 is 0 Å². The van der Waals surface area contributed by atoms with Crippen molar-refractivity contribution in [3.8, 4) is 0 Å². The zero-order valence-corrected chi connectivity index (χ0v) is 6.07. The van der Waals surface area contributed by atoms with E-state index in [-0.39, 0.29) is 0 Å². The fourth-order valence-electron chi connectivity index (χ4n) is 1.12. The summed E-state index contributed by atoms with van der Waals surface area (Å²) in [4.78, 5) is 0. The molecule has 0 fully saturated rings. The molecular weight excluding hydrogens is 120 g/mol. The molecule has 8 heavy (non-hydrogen) atoms. The van der Waals surface area contributed by atoms with Gasteiger partial charge in [0.25, 0.3) is 0 Å². The Kier molecular flexibility index (Phi) is 1.62. The molecule has 0 aromatic heterocycles. The third-order valence-corrected chi connectivity index (χ3v) is 2.19. The summed E-state index contributed by atoms with van der Waals surface area (Å²) in [5.74, 6) is 0.664. The van der Waals surface area contributed by atoms with E-state index in [9.17, 15) is 0 Å². The number of alkyl halides is 1. The first-order valence-electron chi connectivity index (χ1n) is 3.01. The lowest BCUT2D eigenvalue weighted by atomic mass is 10.1. The van der Waals surface area contributed by atoms with Gasteiger partial charge in [0.05, 0.1) is 5.38 Å². The van der Waals surface area contributed by atoms with Crippen molar-refractivity contribution in [2.75, 3.05) is 0 Å². The topological polar surface area (TPSA) is 0 Å². The van der Waals surface area contributed by atoms with Gasteiger partial charge >= 0.3 is 0 Å². The van der Waals surface area contributed by atoms with Gasteiger partial charge in [-0.1, -0.05) is 18.6 Å². The average molecular weight is 131 g/mol. The summed E-state index contributed by atoms with van der Waals surface area (Å²) in [5, 5.41) is 0.301. The normalized spacial score (nSPS) is 37.6. The highest BCUT2D eigenvalue weighted by molar-refractivity contribution is 6.22. The summed E-state index contributed by atoms with van der Waals surface area (Å²) in [7, 11) is 0. The Bertz CT molecular complexity index is 116. The highest BCUT2D eigenvalue weighted by atomic mass is 35.5.